The Morgan fingerprint density at radius 3 is 2.72 bits per heavy atom. The minimum Gasteiger partial charge on any atom is -0.303 e. The summed E-state index contributed by atoms with van der Waals surface area (Å²) in [5.74, 6) is -0.301. The van der Waals surface area contributed by atoms with Crippen LogP contribution in [0.3, 0.4) is 0 Å². The van der Waals surface area contributed by atoms with E-state index in [4.69, 9.17) is 0 Å². The predicted octanol–water partition coefficient (Wildman–Crippen LogP) is 2.13. The van der Waals surface area contributed by atoms with Crippen LogP contribution < -0.4 is 5.32 Å². The van der Waals surface area contributed by atoms with Gasteiger partial charge in [-0.3, -0.25) is 24.3 Å². The van der Waals surface area contributed by atoms with Gasteiger partial charge in [0.15, 0.2) is 5.82 Å². The molecule has 0 aliphatic rings. The third-order valence-electron chi connectivity index (χ3n) is 3.73. The smallest absolute Gasteiger partial charge is 0.303 e. The lowest BCUT2D eigenvalue weighted by Gasteiger charge is -2.04. The Morgan fingerprint density at radius 1 is 1.32 bits per heavy atom. The van der Waals surface area contributed by atoms with Gasteiger partial charge >= 0.3 is 5.69 Å². The molecule has 3 aromatic rings. The molecule has 25 heavy (non-hydrogen) atoms. The first-order chi connectivity index (χ1) is 12.0. The average Bonchev–Trinajstić information content (AvgIpc) is 3.11. The van der Waals surface area contributed by atoms with Crippen LogP contribution in [-0.4, -0.2) is 30.4 Å². The fraction of sp³-hybridized carbons (Fsp3) is 0.188. The SMILES string of the molecule is Cc1cc(NC(=O)c2c([N+](=O)[O-])cnn2C)nn1Cc1ccccc1. The van der Waals surface area contributed by atoms with E-state index in [0.29, 0.717) is 12.4 Å². The van der Waals surface area contributed by atoms with Crippen molar-refractivity contribution in [3.8, 4) is 0 Å². The van der Waals surface area contributed by atoms with Crippen molar-refractivity contribution in [2.24, 2.45) is 7.05 Å². The van der Waals surface area contributed by atoms with Crippen molar-refractivity contribution in [1.29, 1.82) is 0 Å². The summed E-state index contributed by atoms with van der Waals surface area (Å²) >= 11 is 0. The summed E-state index contributed by atoms with van der Waals surface area (Å²) in [5, 5.41) is 21.7. The van der Waals surface area contributed by atoms with Gasteiger partial charge in [0.25, 0.3) is 5.91 Å². The molecule has 3 rings (SSSR count). The fourth-order valence-corrected chi connectivity index (χ4v) is 2.49. The molecule has 0 atom stereocenters. The van der Waals surface area contributed by atoms with Crippen LogP contribution in [0.25, 0.3) is 0 Å². The standard InChI is InChI=1S/C16H16N6O3/c1-11-8-14(19-21(11)10-12-6-4-3-5-7-12)18-16(23)15-13(22(24)25)9-17-20(15)2/h3-9H,10H2,1-2H3,(H,18,19,23). The van der Waals surface area contributed by atoms with Gasteiger partial charge in [-0.25, -0.2) is 0 Å². The molecule has 128 valence electrons. The molecule has 2 aromatic heterocycles. The normalized spacial score (nSPS) is 10.6. The highest BCUT2D eigenvalue weighted by Crippen LogP contribution is 2.19. The number of rotatable bonds is 5. The number of aryl methyl sites for hydroxylation is 2. The molecule has 0 saturated carbocycles. The molecule has 9 nitrogen and oxygen atoms in total. The maximum Gasteiger partial charge on any atom is 0.320 e. The summed E-state index contributed by atoms with van der Waals surface area (Å²) in [5.41, 5.74) is 1.47. The number of nitrogens with zero attached hydrogens (tertiary/aromatic N) is 5. The van der Waals surface area contributed by atoms with Crippen LogP contribution in [0.5, 0.6) is 0 Å². The number of nitrogens with one attached hydrogen (secondary N) is 1. The molecule has 0 unspecified atom stereocenters. The van der Waals surface area contributed by atoms with Crippen LogP contribution in [0.4, 0.5) is 11.5 Å². The van der Waals surface area contributed by atoms with Gasteiger partial charge in [0.1, 0.15) is 6.20 Å². The number of carbonyl (C=O) groups is 1. The Morgan fingerprint density at radius 2 is 2.04 bits per heavy atom. The lowest BCUT2D eigenvalue weighted by molar-refractivity contribution is -0.385. The molecule has 0 aliphatic heterocycles. The van der Waals surface area contributed by atoms with Crippen molar-refractivity contribution in [1.82, 2.24) is 19.6 Å². The summed E-state index contributed by atoms with van der Waals surface area (Å²) in [6.45, 7) is 2.44. The fourth-order valence-electron chi connectivity index (χ4n) is 2.49. The molecule has 0 fully saturated rings. The average molecular weight is 340 g/mol. The maximum absolute atomic E-state index is 12.4. The molecule has 1 amide bonds. The number of amides is 1. The first kappa shape index (κ1) is 16.4. The van der Waals surface area contributed by atoms with E-state index in [1.54, 1.807) is 10.7 Å². The number of anilines is 1. The predicted molar refractivity (Wildman–Crippen MR) is 90.3 cm³/mol. The summed E-state index contributed by atoms with van der Waals surface area (Å²) < 4.78 is 2.92. The van der Waals surface area contributed by atoms with E-state index < -0.39 is 10.8 Å². The van der Waals surface area contributed by atoms with E-state index in [-0.39, 0.29) is 11.4 Å². The second-order valence-electron chi connectivity index (χ2n) is 5.53. The Hall–Kier alpha value is -3.49. The number of nitro groups is 1. The highest BCUT2D eigenvalue weighted by Gasteiger charge is 2.26. The molecule has 0 saturated heterocycles. The third kappa shape index (κ3) is 3.39. The quantitative estimate of drug-likeness (QED) is 0.565. The lowest BCUT2D eigenvalue weighted by Crippen LogP contribution is -2.18. The van der Waals surface area contributed by atoms with Gasteiger partial charge in [0, 0.05) is 18.8 Å². The summed E-state index contributed by atoms with van der Waals surface area (Å²) in [7, 11) is 1.47. The molecule has 0 bridgehead atoms. The van der Waals surface area contributed by atoms with Gasteiger partial charge in [-0.15, -0.1) is 0 Å². The number of benzene rings is 1. The zero-order valence-electron chi connectivity index (χ0n) is 13.7. The molecular weight excluding hydrogens is 324 g/mol. The molecule has 1 N–H and O–H groups in total. The third-order valence-corrected chi connectivity index (χ3v) is 3.73. The van der Waals surface area contributed by atoms with E-state index in [1.807, 2.05) is 37.3 Å². The van der Waals surface area contributed by atoms with Crippen molar-refractivity contribution < 1.29 is 9.72 Å². The minimum atomic E-state index is -0.638. The van der Waals surface area contributed by atoms with Gasteiger partial charge in [-0.05, 0) is 12.5 Å². The van der Waals surface area contributed by atoms with Crippen molar-refractivity contribution in [3.63, 3.8) is 0 Å². The number of hydrogen-bond acceptors (Lipinski definition) is 5. The maximum atomic E-state index is 12.4. The summed E-state index contributed by atoms with van der Waals surface area (Å²) in [6.07, 6.45) is 1.05. The van der Waals surface area contributed by atoms with Crippen LogP contribution in [0, 0.1) is 17.0 Å². The highest BCUT2D eigenvalue weighted by atomic mass is 16.6. The zero-order chi connectivity index (χ0) is 18.0. The molecule has 0 aliphatic carbocycles. The van der Waals surface area contributed by atoms with E-state index in [2.05, 4.69) is 15.5 Å². The molecular formula is C16H16N6O3. The van der Waals surface area contributed by atoms with Crippen LogP contribution in [0.1, 0.15) is 21.7 Å². The van der Waals surface area contributed by atoms with Crippen molar-refractivity contribution in [2.45, 2.75) is 13.5 Å². The van der Waals surface area contributed by atoms with Crippen molar-refractivity contribution in [3.05, 3.63) is 69.7 Å². The molecule has 0 radical (unpaired) electrons. The molecule has 2 heterocycles. The van der Waals surface area contributed by atoms with Crippen LogP contribution in [-0.2, 0) is 13.6 Å². The summed E-state index contributed by atoms with van der Waals surface area (Å²) in [4.78, 5) is 22.7. The molecule has 9 heteroatoms. The summed E-state index contributed by atoms with van der Waals surface area (Å²) in [6, 6.07) is 11.5. The van der Waals surface area contributed by atoms with Crippen molar-refractivity contribution >= 4 is 17.4 Å². The van der Waals surface area contributed by atoms with Crippen LogP contribution >= 0.6 is 0 Å². The first-order valence-corrected chi connectivity index (χ1v) is 7.52. The molecule has 1 aromatic carbocycles. The van der Waals surface area contributed by atoms with Gasteiger partial charge in [-0.2, -0.15) is 10.2 Å². The highest BCUT2D eigenvalue weighted by molar-refractivity contribution is 6.05. The largest absolute Gasteiger partial charge is 0.320 e. The molecule has 0 spiro atoms. The monoisotopic (exact) mass is 340 g/mol. The van der Waals surface area contributed by atoms with Gasteiger partial charge in [0.2, 0.25) is 5.69 Å². The van der Waals surface area contributed by atoms with E-state index in [9.17, 15) is 14.9 Å². The second kappa shape index (κ2) is 6.56. The van der Waals surface area contributed by atoms with Gasteiger partial charge in [-0.1, -0.05) is 30.3 Å². The number of carbonyl (C=O) groups excluding carboxylic acids is 1. The Balaban J connectivity index is 1.80. The second-order valence-corrected chi connectivity index (χ2v) is 5.53. The Labute approximate surface area is 143 Å². The van der Waals surface area contributed by atoms with E-state index in [0.717, 1.165) is 17.5 Å². The van der Waals surface area contributed by atoms with Gasteiger partial charge in [0.05, 0.1) is 11.5 Å². The zero-order valence-corrected chi connectivity index (χ0v) is 13.7. The van der Waals surface area contributed by atoms with Crippen molar-refractivity contribution in [2.75, 3.05) is 5.32 Å². The lowest BCUT2D eigenvalue weighted by atomic mass is 10.2. The van der Waals surface area contributed by atoms with Crippen LogP contribution in [0.2, 0.25) is 0 Å². The topological polar surface area (TPSA) is 108 Å². The Kier molecular flexibility index (Phi) is 4.29. The first-order valence-electron chi connectivity index (χ1n) is 7.52. The van der Waals surface area contributed by atoms with Gasteiger partial charge < -0.3 is 5.32 Å². The Bertz CT molecular complexity index is 929. The number of hydrogen-bond donors (Lipinski definition) is 1. The minimum absolute atomic E-state index is 0.125. The van der Waals surface area contributed by atoms with E-state index >= 15 is 0 Å². The van der Waals surface area contributed by atoms with Crippen LogP contribution in [0.15, 0.2) is 42.6 Å². The number of aromatic nitrogens is 4. The van der Waals surface area contributed by atoms with E-state index in [1.165, 1.54) is 11.7 Å².